The summed E-state index contributed by atoms with van der Waals surface area (Å²) in [5.41, 5.74) is 0.706. The van der Waals surface area contributed by atoms with Gasteiger partial charge in [0.1, 0.15) is 11.5 Å². The van der Waals surface area contributed by atoms with E-state index in [1.807, 2.05) is 0 Å². The fourth-order valence-electron chi connectivity index (χ4n) is 2.44. The Bertz CT molecular complexity index is 961. The van der Waals surface area contributed by atoms with Crippen molar-refractivity contribution in [3.8, 4) is 5.75 Å². The second kappa shape index (κ2) is 7.49. The summed E-state index contributed by atoms with van der Waals surface area (Å²) in [6, 6.07) is 13.3. The molecule has 7 nitrogen and oxygen atoms in total. The smallest absolute Gasteiger partial charge is 0.306 e. The molecule has 136 valence electrons. The highest BCUT2D eigenvalue weighted by Crippen LogP contribution is 2.19. The van der Waals surface area contributed by atoms with Crippen molar-refractivity contribution in [1.29, 1.82) is 0 Å². The number of rotatable bonds is 7. The molecule has 0 aliphatic heterocycles. The van der Waals surface area contributed by atoms with Crippen LogP contribution in [0.25, 0.3) is 0 Å². The highest BCUT2D eigenvalue weighted by Gasteiger charge is 2.20. The lowest BCUT2D eigenvalue weighted by atomic mass is 10.2. The molecule has 0 saturated carbocycles. The first kappa shape index (κ1) is 17.8. The van der Waals surface area contributed by atoms with Crippen molar-refractivity contribution in [1.82, 2.24) is 4.90 Å². The van der Waals surface area contributed by atoms with E-state index < -0.39 is 10.1 Å². The molecular weight excluding hydrogens is 358 g/mol. The minimum absolute atomic E-state index is 0.188. The lowest BCUT2D eigenvalue weighted by molar-refractivity contribution is 0.0685. The number of furan rings is 2. The van der Waals surface area contributed by atoms with Crippen LogP contribution in [0.1, 0.15) is 21.9 Å². The molecule has 2 heterocycles. The zero-order chi connectivity index (χ0) is 18.6. The highest BCUT2D eigenvalue weighted by molar-refractivity contribution is 7.86. The molecule has 0 N–H and O–H groups in total. The minimum atomic E-state index is -3.63. The second-order valence-electron chi connectivity index (χ2n) is 5.65. The Morgan fingerprint density at radius 1 is 1.04 bits per heavy atom. The Morgan fingerprint density at radius 3 is 2.46 bits per heavy atom. The van der Waals surface area contributed by atoms with Crippen molar-refractivity contribution in [2.45, 2.75) is 13.1 Å². The molecule has 0 aliphatic rings. The van der Waals surface area contributed by atoms with Crippen molar-refractivity contribution < 1.29 is 26.2 Å². The molecule has 3 aromatic rings. The van der Waals surface area contributed by atoms with Gasteiger partial charge in [0.15, 0.2) is 5.76 Å². The first-order chi connectivity index (χ1) is 12.4. The van der Waals surface area contributed by atoms with Crippen molar-refractivity contribution in [2.24, 2.45) is 0 Å². The van der Waals surface area contributed by atoms with E-state index in [0.29, 0.717) is 11.3 Å². The van der Waals surface area contributed by atoms with Crippen LogP contribution < -0.4 is 4.18 Å². The van der Waals surface area contributed by atoms with E-state index in [4.69, 9.17) is 13.0 Å². The monoisotopic (exact) mass is 375 g/mol. The van der Waals surface area contributed by atoms with Crippen LogP contribution in [0, 0.1) is 0 Å². The molecule has 0 radical (unpaired) electrons. The zero-order valence-electron chi connectivity index (χ0n) is 14.0. The summed E-state index contributed by atoms with van der Waals surface area (Å²) in [5, 5.41) is 0. The zero-order valence-corrected chi connectivity index (χ0v) is 14.8. The predicted octanol–water partition coefficient (Wildman–Crippen LogP) is 3.05. The molecular formula is C18H17NO6S. The van der Waals surface area contributed by atoms with E-state index in [9.17, 15) is 13.2 Å². The standard InChI is InChI=1S/C18H17NO6S/c1-26(21,22)25-15-6-2-5-14(11-15)12-19(13-16-7-3-9-23-16)18(20)17-8-4-10-24-17/h2-11H,12-13H2,1H3. The van der Waals surface area contributed by atoms with Crippen LogP contribution in [0.4, 0.5) is 0 Å². The van der Waals surface area contributed by atoms with Gasteiger partial charge in [0.2, 0.25) is 0 Å². The first-order valence-electron chi connectivity index (χ1n) is 7.74. The number of hydrogen-bond donors (Lipinski definition) is 0. The van der Waals surface area contributed by atoms with Crippen LogP contribution in [0.2, 0.25) is 0 Å². The van der Waals surface area contributed by atoms with Gasteiger partial charge in [0, 0.05) is 6.54 Å². The van der Waals surface area contributed by atoms with Crippen LogP contribution in [0.15, 0.2) is 69.9 Å². The van der Waals surface area contributed by atoms with E-state index in [2.05, 4.69) is 0 Å². The highest BCUT2D eigenvalue weighted by atomic mass is 32.2. The number of carbonyl (C=O) groups is 1. The van der Waals surface area contributed by atoms with Gasteiger partial charge < -0.3 is 17.9 Å². The van der Waals surface area contributed by atoms with Gasteiger partial charge in [-0.25, -0.2) is 0 Å². The second-order valence-corrected chi connectivity index (χ2v) is 7.23. The van der Waals surface area contributed by atoms with Gasteiger partial charge in [0.25, 0.3) is 5.91 Å². The van der Waals surface area contributed by atoms with Gasteiger partial charge in [0.05, 0.1) is 25.3 Å². The fourth-order valence-corrected chi connectivity index (χ4v) is 2.89. The van der Waals surface area contributed by atoms with E-state index in [-0.39, 0.29) is 30.5 Å². The van der Waals surface area contributed by atoms with E-state index in [0.717, 1.165) is 6.26 Å². The molecule has 3 rings (SSSR count). The predicted molar refractivity (Wildman–Crippen MR) is 92.9 cm³/mol. The molecule has 1 amide bonds. The van der Waals surface area contributed by atoms with Gasteiger partial charge in [-0.15, -0.1) is 0 Å². The third kappa shape index (κ3) is 4.76. The Morgan fingerprint density at radius 2 is 1.81 bits per heavy atom. The first-order valence-corrected chi connectivity index (χ1v) is 9.56. The Balaban J connectivity index is 1.83. The fraction of sp³-hybridized carbons (Fsp3) is 0.167. The number of nitrogens with zero attached hydrogens (tertiary/aromatic N) is 1. The van der Waals surface area contributed by atoms with Crippen LogP contribution in [-0.2, 0) is 23.2 Å². The van der Waals surface area contributed by atoms with Crippen LogP contribution in [-0.4, -0.2) is 25.5 Å². The van der Waals surface area contributed by atoms with Crippen LogP contribution in [0.5, 0.6) is 5.75 Å². The normalized spacial score (nSPS) is 11.3. The van der Waals surface area contributed by atoms with E-state index >= 15 is 0 Å². The van der Waals surface area contributed by atoms with Gasteiger partial charge >= 0.3 is 10.1 Å². The summed E-state index contributed by atoms with van der Waals surface area (Å²) < 4.78 is 38.0. The van der Waals surface area contributed by atoms with Crippen LogP contribution >= 0.6 is 0 Å². The van der Waals surface area contributed by atoms with Crippen molar-refractivity contribution in [2.75, 3.05) is 6.26 Å². The number of benzene rings is 1. The Hall–Kier alpha value is -3.00. The topological polar surface area (TPSA) is 90.0 Å². The van der Waals surface area contributed by atoms with E-state index in [1.54, 1.807) is 42.5 Å². The number of carbonyl (C=O) groups excluding carboxylic acids is 1. The number of amides is 1. The molecule has 0 bridgehead atoms. The summed E-state index contributed by atoms with van der Waals surface area (Å²) >= 11 is 0. The summed E-state index contributed by atoms with van der Waals surface area (Å²) in [6.45, 7) is 0.463. The average molecular weight is 375 g/mol. The molecule has 2 aromatic heterocycles. The maximum absolute atomic E-state index is 12.7. The maximum Gasteiger partial charge on any atom is 0.306 e. The molecule has 0 spiro atoms. The molecule has 0 unspecified atom stereocenters. The average Bonchev–Trinajstić information content (AvgIpc) is 3.26. The van der Waals surface area contributed by atoms with Gasteiger partial charge in [-0.2, -0.15) is 8.42 Å². The molecule has 0 atom stereocenters. The molecule has 8 heteroatoms. The summed E-state index contributed by atoms with van der Waals surface area (Å²) in [4.78, 5) is 14.3. The van der Waals surface area contributed by atoms with E-state index in [1.165, 1.54) is 23.5 Å². The van der Waals surface area contributed by atoms with Crippen molar-refractivity contribution in [3.63, 3.8) is 0 Å². The molecule has 1 aromatic carbocycles. The summed E-state index contributed by atoms with van der Waals surface area (Å²) in [6.07, 6.45) is 3.94. The lowest BCUT2D eigenvalue weighted by Crippen LogP contribution is -2.29. The lowest BCUT2D eigenvalue weighted by Gasteiger charge is -2.21. The summed E-state index contributed by atoms with van der Waals surface area (Å²) in [5.74, 6) is 0.711. The third-order valence-electron chi connectivity index (χ3n) is 3.47. The molecule has 0 saturated heterocycles. The van der Waals surface area contributed by atoms with Crippen molar-refractivity contribution >= 4 is 16.0 Å². The summed E-state index contributed by atoms with van der Waals surface area (Å²) in [7, 11) is -3.63. The Labute approximate surface area is 150 Å². The molecule has 0 aliphatic carbocycles. The molecule has 26 heavy (non-hydrogen) atoms. The SMILES string of the molecule is CS(=O)(=O)Oc1cccc(CN(Cc2ccco2)C(=O)c2ccco2)c1. The van der Waals surface area contributed by atoms with Crippen molar-refractivity contribution in [3.05, 3.63) is 78.1 Å². The van der Waals surface area contributed by atoms with Gasteiger partial charge in [-0.05, 0) is 42.0 Å². The van der Waals surface area contributed by atoms with Crippen LogP contribution in [0.3, 0.4) is 0 Å². The third-order valence-corrected chi connectivity index (χ3v) is 3.96. The molecule has 0 fully saturated rings. The number of hydrogen-bond acceptors (Lipinski definition) is 6. The Kier molecular flexibility index (Phi) is 5.13. The maximum atomic E-state index is 12.7. The largest absolute Gasteiger partial charge is 0.467 e. The van der Waals surface area contributed by atoms with Gasteiger partial charge in [-0.3, -0.25) is 4.79 Å². The minimum Gasteiger partial charge on any atom is -0.467 e. The van der Waals surface area contributed by atoms with Gasteiger partial charge in [-0.1, -0.05) is 12.1 Å². The quantitative estimate of drug-likeness (QED) is 0.590.